The molecular formula is C15H20FNO2. The molecule has 1 aliphatic carbocycles. The van der Waals surface area contributed by atoms with E-state index in [1.165, 1.54) is 24.6 Å². The Hall–Kier alpha value is -1.58. The second-order valence-electron chi connectivity index (χ2n) is 5.40. The lowest BCUT2D eigenvalue weighted by Crippen LogP contribution is -2.19. The molecule has 1 aliphatic rings. The van der Waals surface area contributed by atoms with Gasteiger partial charge in [-0.2, -0.15) is 0 Å². The van der Waals surface area contributed by atoms with Crippen molar-refractivity contribution in [1.29, 1.82) is 0 Å². The highest BCUT2D eigenvalue weighted by atomic mass is 19.1. The zero-order valence-electron chi connectivity index (χ0n) is 10.9. The second-order valence-corrected chi connectivity index (χ2v) is 5.40. The highest BCUT2D eigenvalue weighted by Gasteiger charge is 2.27. The van der Waals surface area contributed by atoms with Crippen LogP contribution in [0.15, 0.2) is 18.2 Å². The van der Waals surface area contributed by atoms with Crippen molar-refractivity contribution in [3.8, 4) is 0 Å². The fourth-order valence-corrected chi connectivity index (χ4v) is 2.96. The van der Waals surface area contributed by atoms with Crippen molar-refractivity contribution in [3.63, 3.8) is 0 Å². The Kier molecular flexibility index (Phi) is 4.40. The van der Waals surface area contributed by atoms with Gasteiger partial charge in [-0.3, -0.25) is 4.79 Å². The number of carbonyl (C=O) groups is 1. The van der Waals surface area contributed by atoms with Gasteiger partial charge in [0.15, 0.2) is 0 Å². The summed E-state index contributed by atoms with van der Waals surface area (Å²) < 4.78 is 13.3. The normalized spacial score (nSPS) is 18.2. The van der Waals surface area contributed by atoms with Crippen LogP contribution in [-0.4, -0.2) is 11.1 Å². The number of hydrogen-bond acceptors (Lipinski definition) is 2. The van der Waals surface area contributed by atoms with Crippen molar-refractivity contribution in [2.24, 2.45) is 5.92 Å². The maximum Gasteiger partial charge on any atom is 0.311 e. The summed E-state index contributed by atoms with van der Waals surface area (Å²) in [5, 5.41) is 9.39. The van der Waals surface area contributed by atoms with Crippen molar-refractivity contribution in [2.45, 2.75) is 44.4 Å². The van der Waals surface area contributed by atoms with Crippen LogP contribution < -0.4 is 5.73 Å². The van der Waals surface area contributed by atoms with E-state index in [1.807, 2.05) is 0 Å². The van der Waals surface area contributed by atoms with Crippen LogP contribution in [0.5, 0.6) is 0 Å². The molecule has 0 heterocycles. The molecule has 0 amide bonds. The predicted molar refractivity (Wildman–Crippen MR) is 72.4 cm³/mol. The number of carboxylic acid groups (broad SMARTS) is 1. The van der Waals surface area contributed by atoms with Crippen molar-refractivity contribution in [3.05, 3.63) is 29.6 Å². The van der Waals surface area contributed by atoms with Crippen LogP contribution in [0.1, 0.15) is 50.0 Å². The standard InChI is InChI=1S/C15H20FNO2/c16-11-6-7-14(17)12(9-11)13(15(18)19)8-10-4-2-1-3-5-10/h6-7,9-10,13H,1-5,8,17H2,(H,18,19). The lowest BCUT2D eigenvalue weighted by Gasteiger charge is -2.25. The van der Waals surface area contributed by atoms with E-state index in [4.69, 9.17) is 5.73 Å². The van der Waals surface area contributed by atoms with E-state index in [0.29, 0.717) is 23.6 Å². The lowest BCUT2D eigenvalue weighted by atomic mass is 9.80. The minimum absolute atomic E-state index is 0.365. The molecular weight excluding hydrogens is 245 g/mol. The molecule has 19 heavy (non-hydrogen) atoms. The minimum atomic E-state index is -0.914. The number of anilines is 1. The molecule has 3 nitrogen and oxygen atoms in total. The Labute approximate surface area is 112 Å². The van der Waals surface area contributed by atoms with Crippen LogP contribution in [0.4, 0.5) is 10.1 Å². The zero-order chi connectivity index (χ0) is 13.8. The van der Waals surface area contributed by atoms with Crippen LogP contribution in [0.2, 0.25) is 0 Å². The van der Waals surface area contributed by atoms with Gasteiger partial charge in [-0.25, -0.2) is 4.39 Å². The van der Waals surface area contributed by atoms with Gasteiger partial charge in [-0.1, -0.05) is 32.1 Å². The number of hydrogen-bond donors (Lipinski definition) is 2. The van der Waals surface area contributed by atoms with E-state index in [-0.39, 0.29) is 0 Å². The monoisotopic (exact) mass is 265 g/mol. The molecule has 0 saturated heterocycles. The molecule has 0 aromatic heterocycles. The first kappa shape index (κ1) is 13.8. The minimum Gasteiger partial charge on any atom is -0.481 e. The lowest BCUT2D eigenvalue weighted by molar-refractivity contribution is -0.139. The average molecular weight is 265 g/mol. The summed E-state index contributed by atoms with van der Waals surface area (Å²) in [4.78, 5) is 11.5. The van der Waals surface area contributed by atoms with Gasteiger partial charge in [0, 0.05) is 5.69 Å². The molecule has 0 bridgehead atoms. The van der Waals surface area contributed by atoms with E-state index < -0.39 is 17.7 Å². The molecule has 1 fully saturated rings. The Morgan fingerprint density at radius 1 is 1.37 bits per heavy atom. The predicted octanol–water partition coefficient (Wildman–Crippen LogP) is 3.55. The summed E-state index contributed by atoms with van der Waals surface area (Å²) in [6.07, 6.45) is 6.25. The topological polar surface area (TPSA) is 63.3 Å². The summed E-state index contributed by atoms with van der Waals surface area (Å²) in [5.41, 5.74) is 6.58. The molecule has 1 saturated carbocycles. The van der Waals surface area contributed by atoms with E-state index in [2.05, 4.69) is 0 Å². The van der Waals surface area contributed by atoms with Gasteiger partial charge in [0.2, 0.25) is 0 Å². The number of nitrogen functional groups attached to an aromatic ring is 1. The van der Waals surface area contributed by atoms with E-state index in [0.717, 1.165) is 25.7 Å². The maximum atomic E-state index is 13.3. The number of nitrogens with two attached hydrogens (primary N) is 1. The molecule has 0 radical (unpaired) electrons. The van der Waals surface area contributed by atoms with Gasteiger partial charge in [-0.15, -0.1) is 0 Å². The number of halogens is 1. The smallest absolute Gasteiger partial charge is 0.311 e. The fourth-order valence-electron chi connectivity index (χ4n) is 2.96. The van der Waals surface area contributed by atoms with Crippen LogP contribution >= 0.6 is 0 Å². The third kappa shape index (κ3) is 3.46. The van der Waals surface area contributed by atoms with E-state index >= 15 is 0 Å². The number of rotatable bonds is 4. The van der Waals surface area contributed by atoms with Gasteiger partial charge in [0.25, 0.3) is 0 Å². The van der Waals surface area contributed by atoms with Crippen LogP contribution in [0, 0.1) is 11.7 Å². The quantitative estimate of drug-likeness (QED) is 0.818. The summed E-state index contributed by atoms with van der Waals surface area (Å²) >= 11 is 0. The molecule has 2 rings (SSSR count). The highest BCUT2D eigenvalue weighted by Crippen LogP contribution is 2.35. The zero-order valence-corrected chi connectivity index (χ0v) is 10.9. The molecule has 4 heteroatoms. The molecule has 1 atom stereocenters. The number of aliphatic carboxylic acids is 1. The number of benzene rings is 1. The second kappa shape index (κ2) is 6.04. The Bertz CT molecular complexity index is 455. The molecule has 3 N–H and O–H groups in total. The van der Waals surface area contributed by atoms with E-state index in [9.17, 15) is 14.3 Å². The first-order chi connectivity index (χ1) is 9.08. The van der Waals surface area contributed by atoms with Crippen LogP contribution in [0.25, 0.3) is 0 Å². The molecule has 0 spiro atoms. The van der Waals surface area contributed by atoms with Crippen molar-refractivity contribution < 1.29 is 14.3 Å². The van der Waals surface area contributed by atoms with Crippen molar-refractivity contribution in [1.82, 2.24) is 0 Å². The SMILES string of the molecule is Nc1ccc(F)cc1C(CC1CCCCC1)C(=O)O. The summed E-state index contributed by atoms with van der Waals surface area (Å²) in [6.45, 7) is 0. The van der Waals surface area contributed by atoms with Gasteiger partial charge in [-0.05, 0) is 36.1 Å². The summed E-state index contributed by atoms with van der Waals surface area (Å²) in [5.74, 6) is -1.63. The fraction of sp³-hybridized carbons (Fsp3) is 0.533. The number of carboxylic acids is 1. The van der Waals surface area contributed by atoms with Crippen LogP contribution in [-0.2, 0) is 4.79 Å². The van der Waals surface area contributed by atoms with Gasteiger partial charge < -0.3 is 10.8 Å². The van der Waals surface area contributed by atoms with Gasteiger partial charge in [0.1, 0.15) is 5.82 Å². The van der Waals surface area contributed by atoms with E-state index in [1.54, 1.807) is 0 Å². The third-order valence-corrected chi connectivity index (χ3v) is 4.02. The Balaban J connectivity index is 2.19. The highest BCUT2D eigenvalue weighted by molar-refractivity contribution is 5.78. The summed E-state index contributed by atoms with van der Waals surface area (Å²) in [6, 6.07) is 3.97. The first-order valence-electron chi connectivity index (χ1n) is 6.85. The molecule has 1 aromatic rings. The largest absolute Gasteiger partial charge is 0.481 e. The average Bonchev–Trinajstić information content (AvgIpc) is 2.40. The van der Waals surface area contributed by atoms with Gasteiger partial charge >= 0.3 is 5.97 Å². The molecule has 104 valence electrons. The molecule has 0 aliphatic heterocycles. The molecule has 1 aromatic carbocycles. The van der Waals surface area contributed by atoms with Crippen LogP contribution in [0.3, 0.4) is 0 Å². The third-order valence-electron chi connectivity index (χ3n) is 4.02. The van der Waals surface area contributed by atoms with Crippen molar-refractivity contribution in [2.75, 3.05) is 5.73 Å². The molecule has 1 unspecified atom stereocenters. The first-order valence-corrected chi connectivity index (χ1v) is 6.85. The van der Waals surface area contributed by atoms with Gasteiger partial charge in [0.05, 0.1) is 5.92 Å². The maximum absolute atomic E-state index is 13.3. The van der Waals surface area contributed by atoms with Crippen molar-refractivity contribution >= 4 is 11.7 Å². The summed E-state index contributed by atoms with van der Waals surface area (Å²) in [7, 11) is 0. The Morgan fingerprint density at radius 3 is 2.68 bits per heavy atom. The Morgan fingerprint density at radius 2 is 2.05 bits per heavy atom.